The predicted octanol–water partition coefficient (Wildman–Crippen LogP) is 8.33. The van der Waals surface area contributed by atoms with Gasteiger partial charge in [-0.05, 0) is 98.6 Å². The fraction of sp³-hybridized carbons (Fsp3) is 0.395. The van der Waals surface area contributed by atoms with Crippen molar-refractivity contribution in [3.8, 4) is 0 Å². The largest absolute Gasteiger partial charge is 0.363 e. The smallest absolute Gasteiger partial charge is 0.166 e. The Kier molecular flexibility index (Phi) is 25.3. The molecule has 0 aliphatic heterocycles. The number of unbranched alkanes of at least 4 members (excludes halogenated alkanes) is 4. The molecule has 0 bridgehead atoms. The van der Waals surface area contributed by atoms with Crippen LogP contribution in [0.5, 0.6) is 0 Å². The van der Waals surface area contributed by atoms with Gasteiger partial charge in [0, 0.05) is 38.0 Å². The summed E-state index contributed by atoms with van der Waals surface area (Å²) in [5.74, 6) is 0.521. The van der Waals surface area contributed by atoms with Crippen LogP contribution in [0.3, 0.4) is 0 Å². The van der Waals surface area contributed by atoms with Crippen molar-refractivity contribution in [1.82, 2.24) is 31.9 Å². The summed E-state index contributed by atoms with van der Waals surface area (Å²) in [7, 11) is 0. The Balaban J connectivity index is 0.00000486. The minimum atomic E-state index is 0. The second-order valence-electron chi connectivity index (χ2n) is 13.0. The highest BCUT2D eigenvalue weighted by atomic mass is 35.5. The number of rotatable bonds is 24. The van der Waals surface area contributed by atoms with Crippen LogP contribution in [0.2, 0.25) is 0 Å². The molecular formula is C43H60Cl2N6S2. The van der Waals surface area contributed by atoms with Gasteiger partial charge in [-0.1, -0.05) is 141 Å². The maximum Gasteiger partial charge on any atom is 0.166 e. The van der Waals surface area contributed by atoms with Crippen molar-refractivity contribution in [2.75, 3.05) is 52.4 Å². The van der Waals surface area contributed by atoms with E-state index in [1.165, 1.54) is 54.4 Å². The zero-order chi connectivity index (χ0) is 35.6. The number of hydrogen-bond acceptors (Lipinski definition) is 4. The Bertz CT molecular complexity index is 1290. The Labute approximate surface area is 342 Å². The molecule has 4 aromatic carbocycles. The van der Waals surface area contributed by atoms with E-state index in [9.17, 15) is 0 Å². The van der Waals surface area contributed by atoms with Gasteiger partial charge in [0.05, 0.1) is 0 Å². The average molecular weight is 796 g/mol. The van der Waals surface area contributed by atoms with E-state index in [0.29, 0.717) is 0 Å². The summed E-state index contributed by atoms with van der Waals surface area (Å²) in [6.07, 6.45) is 8.44. The van der Waals surface area contributed by atoms with Crippen molar-refractivity contribution >= 4 is 59.5 Å². The molecule has 0 radical (unpaired) electrons. The monoisotopic (exact) mass is 794 g/mol. The lowest BCUT2D eigenvalue weighted by molar-refractivity contribution is 0.546. The summed E-state index contributed by atoms with van der Waals surface area (Å²) in [5, 5.41) is 22.2. The molecule has 6 nitrogen and oxygen atoms in total. The summed E-state index contributed by atoms with van der Waals surface area (Å²) in [4.78, 5) is 0. The second kappa shape index (κ2) is 29.2. The molecule has 0 atom stereocenters. The molecule has 0 aliphatic rings. The van der Waals surface area contributed by atoms with Gasteiger partial charge in [0.2, 0.25) is 0 Å². The van der Waals surface area contributed by atoms with E-state index >= 15 is 0 Å². The Hall–Kier alpha value is -3.24. The molecule has 4 rings (SSSR count). The molecule has 0 heterocycles. The number of hydrogen-bond donors (Lipinski definition) is 6. The van der Waals surface area contributed by atoms with Gasteiger partial charge in [-0.25, -0.2) is 0 Å². The van der Waals surface area contributed by atoms with Gasteiger partial charge < -0.3 is 31.9 Å². The highest BCUT2D eigenvalue weighted by Crippen LogP contribution is 2.24. The third kappa shape index (κ3) is 19.1. The van der Waals surface area contributed by atoms with Crippen molar-refractivity contribution < 1.29 is 0 Å². The average Bonchev–Trinajstić information content (AvgIpc) is 3.18. The number of halogens is 2. The zero-order valence-corrected chi connectivity index (χ0v) is 34.2. The number of thiocarbonyl (C=S) groups is 2. The summed E-state index contributed by atoms with van der Waals surface area (Å²) in [6, 6.07) is 42.5. The summed E-state index contributed by atoms with van der Waals surface area (Å²) >= 11 is 11.1. The molecule has 0 aliphatic carbocycles. The van der Waals surface area contributed by atoms with Crippen LogP contribution in [0.15, 0.2) is 121 Å². The lowest BCUT2D eigenvalue weighted by Crippen LogP contribution is -2.38. The molecule has 53 heavy (non-hydrogen) atoms. The molecule has 10 heteroatoms. The third-order valence-electron chi connectivity index (χ3n) is 9.08. The SMILES string of the molecule is Cl.Cl.S=C(NCCCNCCCCCCCNCCCNC(=S)NCC(c1ccccc1)c1ccccc1)NCC(c1ccccc1)c1ccccc1. The van der Waals surface area contributed by atoms with Gasteiger partial charge in [0.25, 0.3) is 0 Å². The van der Waals surface area contributed by atoms with E-state index in [-0.39, 0.29) is 36.6 Å². The summed E-state index contributed by atoms with van der Waals surface area (Å²) < 4.78 is 0. The molecule has 0 spiro atoms. The molecule has 6 N–H and O–H groups in total. The van der Waals surface area contributed by atoms with Crippen molar-refractivity contribution in [3.63, 3.8) is 0 Å². The normalized spacial score (nSPS) is 10.6. The quantitative estimate of drug-likeness (QED) is 0.0313. The molecule has 288 valence electrons. The first-order valence-corrected chi connectivity index (χ1v) is 19.7. The topological polar surface area (TPSA) is 72.2 Å². The molecule has 0 saturated heterocycles. The molecular weight excluding hydrogens is 736 g/mol. The Morgan fingerprint density at radius 2 is 0.642 bits per heavy atom. The van der Waals surface area contributed by atoms with Gasteiger partial charge in [-0.15, -0.1) is 24.8 Å². The maximum absolute atomic E-state index is 5.57. The minimum absolute atomic E-state index is 0. The fourth-order valence-corrected chi connectivity index (χ4v) is 6.59. The first-order chi connectivity index (χ1) is 25.2. The summed E-state index contributed by atoms with van der Waals surface area (Å²) in [5.41, 5.74) is 5.17. The number of nitrogens with one attached hydrogen (secondary N) is 6. The van der Waals surface area contributed by atoms with Crippen LogP contribution in [-0.2, 0) is 0 Å². The second-order valence-corrected chi connectivity index (χ2v) is 13.8. The zero-order valence-electron chi connectivity index (χ0n) is 30.9. The first-order valence-electron chi connectivity index (χ1n) is 18.9. The van der Waals surface area contributed by atoms with Crippen LogP contribution in [0, 0.1) is 0 Å². The van der Waals surface area contributed by atoms with Gasteiger partial charge in [0.15, 0.2) is 10.2 Å². The lowest BCUT2D eigenvalue weighted by Gasteiger charge is -2.20. The third-order valence-corrected chi connectivity index (χ3v) is 9.66. The summed E-state index contributed by atoms with van der Waals surface area (Å²) in [6.45, 7) is 7.46. The predicted molar refractivity (Wildman–Crippen MR) is 239 cm³/mol. The van der Waals surface area contributed by atoms with Crippen LogP contribution in [0.4, 0.5) is 0 Å². The lowest BCUT2D eigenvalue weighted by atomic mass is 9.91. The van der Waals surface area contributed by atoms with E-state index < -0.39 is 0 Å². The van der Waals surface area contributed by atoms with Crippen molar-refractivity contribution in [2.24, 2.45) is 0 Å². The Morgan fingerprint density at radius 3 is 0.962 bits per heavy atom. The van der Waals surface area contributed by atoms with Crippen LogP contribution in [-0.4, -0.2) is 62.6 Å². The van der Waals surface area contributed by atoms with Gasteiger partial charge in [-0.3, -0.25) is 0 Å². The highest BCUT2D eigenvalue weighted by Gasteiger charge is 2.15. The standard InChI is InChI=1S/C43H58N6S2.2ClH/c50-42(48-34-40(36-20-8-4-9-21-36)37-22-10-5-11-23-37)46-32-18-30-44-28-16-2-1-3-17-29-45-31-19-33-47-43(51)49-35-41(38-24-12-6-13-25-38)39-26-14-7-15-27-39;;/h4-15,20-27,40-41,44-45H,1-3,16-19,28-35H2,(H2,46,48,50)(H2,47,49,51);2*1H. The molecule has 0 saturated carbocycles. The highest BCUT2D eigenvalue weighted by molar-refractivity contribution is 7.80. The van der Waals surface area contributed by atoms with Crippen LogP contribution in [0.25, 0.3) is 0 Å². The van der Waals surface area contributed by atoms with E-state index in [2.05, 4.69) is 153 Å². The Morgan fingerprint density at radius 1 is 0.358 bits per heavy atom. The number of benzene rings is 4. The van der Waals surface area contributed by atoms with Crippen LogP contribution in [0.1, 0.15) is 79.0 Å². The van der Waals surface area contributed by atoms with Crippen molar-refractivity contribution in [2.45, 2.75) is 56.8 Å². The van der Waals surface area contributed by atoms with E-state index in [1.54, 1.807) is 0 Å². The molecule has 0 aromatic heterocycles. The van der Waals surface area contributed by atoms with E-state index in [4.69, 9.17) is 24.4 Å². The van der Waals surface area contributed by atoms with Crippen LogP contribution >= 0.6 is 49.2 Å². The van der Waals surface area contributed by atoms with Gasteiger partial charge in [-0.2, -0.15) is 0 Å². The van der Waals surface area contributed by atoms with Gasteiger partial charge in [0.1, 0.15) is 0 Å². The molecule has 4 aromatic rings. The molecule has 0 amide bonds. The van der Waals surface area contributed by atoms with Crippen molar-refractivity contribution in [1.29, 1.82) is 0 Å². The van der Waals surface area contributed by atoms with Gasteiger partial charge >= 0.3 is 0 Å². The molecule has 0 fully saturated rings. The van der Waals surface area contributed by atoms with E-state index in [0.717, 1.165) is 75.4 Å². The minimum Gasteiger partial charge on any atom is -0.363 e. The van der Waals surface area contributed by atoms with Crippen LogP contribution < -0.4 is 31.9 Å². The molecule has 0 unspecified atom stereocenters. The van der Waals surface area contributed by atoms with Crippen molar-refractivity contribution in [3.05, 3.63) is 144 Å². The fourth-order valence-electron chi connectivity index (χ4n) is 6.22. The van der Waals surface area contributed by atoms with E-state index in [1.807, 2.05) is 0 Å². The maximum atomic E-state index is 5.57. The first kappa shape index (κ1) is 45.9.